The predicted molar refractivity (Wildman–Crippen MR) is 201 cm³/mol. The van der Waals surface area contributed by atoms with Crippen molar-refractivity contribution in [1.29, 1.82) is 0 Å². The number of fused-ring (bicyclic) bond motifs is 3. The van der Waals surface area contributed by atoms with Crippen molar-refractivity contribution < 1.29 is 29.3 Å². The number of nitrogens with two attached hydrogens (primary N) is 2. The van der Waals surface area contributed by atoms with Crippen molar-refractivity contribution in [2.24, 2.45) is 21.9 Å². The smallest absolute Gasteiger partial charge is 0.201 e. The van der Waals surface area contributed by atoms with Crippen LogP contribution in [0, 0.1) is 5.41 Å². The van der Waals surface area contributed by atoms with E-state index in [0.29, 0.717) is 70.1 Å². The Bertz CT molecular complexity index is 1960. The molecule has 3 heterocycles. The first-order chi connectivity index (χ1) is 24.4. The first-order valence-corrected chi connectivity index (χ1v) is 20.4. The number of nitrogens with zero attached hydrogens (tertiary/aromatic N) is 1. The van der Waals surface area contributed by atoms with Gasteiger partial charge in [-0.3, -0.25) is 15.5 Å². The van der Waals surface area contributed by atoms with Gasteiger partial charge in [0.2, 0.25) is 5.43 Å². The largest absolute Gasteiger partial charge is 0.489 e. The van der Waals surface area contributed by atoms with Crippen molar-refractivity contribution in [2.45, 2.75) is 113 Å². The van der Waals surface area contributed by atoms with Crippen LogP contribution in [-0.2, 0) is 17.8 Å². The van der Waals surface area contributed by atoms with E-state index in [-0.39, 0.29) is 23.3 Å². The highest BCUT2D eigenvalue weighted by Crippen LogP contribution is 2.60. The maximum atomic E-state index is 15.6. The number of aliphatic hydroxyl groups is 2. The van der Waals surface area contributed by atoms with E-state index in [9.17, 15) is 15.4 Å². The Morgan fingerprint density at radius 2 is 1.80 bits per heavy atom. The third-order valence-corrected chi connectivity index (χ3v) is 14.1. The zero-order valence-corrected chi connectivity index (χ0v) is 30.6. The van der Waals surface area contributed by atoms with Gasteiger partial charge in [-0.15, -0.1) is 0 Å². The van der Waals surface area contributed by atoms with Gasteiger partial charge in [0.1, 0.15) is 39.9 Å². The minimum absolute atomic E-state index is 0.0522. The lowest BCUT2D eigenvalue weighted by Crippen LogP contribution is -2.53. The normalized spacial score (nSPS) is 27.0. The van der Waals surface area contributed by atoms with Crippen molar-refractivity contribution in [3.63, 3.8) is 0 Å². The monoisotopic (exact) mass is 734 g/mol. The third kappa shape index (κ3) is 5.62. The van der Waals surface area contributed by atoms with Crippen LogP contribution >= 0.6 is 21.6 Å². The molecule has 272 valence electrons. The summed E-state index contributed by atoms with van der Waals surface area (Å²) in [6, 6.07) is 6.72. The molecule has 0 radical (unpaired) electrons. The summed E-state index contributed by atoms with van der Waals surface area (Å²) in [6.45, 7) is 3.46. The van der Waals surface area contributed by atoms with E-state index in [4.69, 9.17) is 30.4 Å². The molecule has 1 spiro atoms. The second kappa shape index (κ2) is 12.9. The van der Waals surface area contributed by atoms with Gasteiger partial charge in [-0.1, -0.05) is 52.6 Å². The van der Waals surface area contributed by atoms with Crippen molar-refractivity contribution in [2.75, 3.05) is 11.2 Å². The molecule has 2 fully saturated rings. The third-order valence-electron chi connectivity index (χ3n) is 11.8. The lowest BCUT2D eigenvalue weighted by molar-refractivity contribution is -0.0762. The minimum atomic E-state index is -1.73. The average Bonchev–Trinajstić information content (AvgIpc) is 3.89. The van der Waals surface area contributed by atoms with Crippen LogP contribution in [-0.4, -0.2) is 51.0 Å². The Kier molecular flexibility index (Phi) is 8.81. The maximum Gasteiger partial charge on any atom is 0.201 e. The number of anilines is 1. The molecule has 3 aliphatic carbocycles. The first-order valence-electron chi connectivity index (χ1n) is 17.9. The molecule has 8 N–H and O–H groups in total. The molecule has 4 atom stereocenters. The number of ether oxygens (including phenoxy) is 2. The van der Waals surface area contributed by atoms with Gasteiger partial charge in [-0.2, -0.15) is 0 Å². The Morgan fingerprint density at radius 3 is 2.47 bits per heavy atom. The predicted octanol–water partition coefficient (Wildman–Crippen LogP) is 5.98. The SMILES string of the molecule is CC(C)(O)C1Cc2c(c3c4oc5c(c(=O)c4c2OC2CCCC2)C(c2ccc(NO)cc2)C=CC5(O)C2(CCCC2)C(N=C(N)N)CSSC3)O1. The quantitative estimate of drug-likeness (QED) is 0.0574. The number of aliphatic imine (C=N–C) groups is 1. The zero-order chi connectivity index (χ0) is 35.7. The summed E-state index contributed by atoms with van der Waals surface area (Å²) in [5.41, 5.74) is 13.7. The molecule has 13 heteroatoms. The van der Waals surface area contributed by atoms with Crippen LogP contribution in [0.25, 0.3) is 11.0 Å². The number of rotatable bonds is 6. The minimum Gasteiger partial charge on any atom is -0.489 e. The van der Waals surface area contributed by atoms with E-state index >= 15 is 4.79 Å². The number of benzene rings is 2. The summed E-state index contributed by atoms with van der Waals surface area (Å²) in [5.74, 6) is 1.56. The van der Waals surface area contributed by atoms with Gasteiger partial charge in [0.15, 0.2) is 5.96 Å². The van der Waals surface area contributed by atoms with Gasteiger partial charge in [0.05, 0.1) is 29.0 Å². The molecule has 0 saturated heterocycles. The molecule has 1 aromatic heterocycles. The maximum absolute atomic E-state index is 15.6. The van der Waals surface area contributed by atoms with Gasteiger partial charge in [-0.05, 0) is 76.1 Å². The summed E-state index contributed by atoms with van der Waals surface area (Å²) in [7, 11) is 3.22. The summed E-state index contributed by atoms with van der Waals surface area (Å²) < 4.78 is 20.6. The molecule has 4 unspecified atom stereocenters. The summed E-state index contributed by atoms with van der Waals surface area (Å²) in [5, 5.41) is 34.4. The molecular formula is C38H46N4O7S2. The molecule has 0 amide bonds. The highest BCUT2D eigenvalue weighted by atomic mass is 33.1. The van der Waals surface area contributed by atoms with Gasteiger partial charge < -0.3 is 35.6 Å². The second-order valence-electron chi connectivity index (χ2n) is 15.3. The van der Waals surface area contributed by atoms with Crippen LogP contribution in [0.2, 0.25) is 0 Å². The zero-order valence-electron chi connectivity index (χ0n) is 28.9. The molecule has 2 aromatic carbocycles. The summed E-state index contributed by atoms with van der Waals surface area (Å²) in [6.07, 6.45) is 10.3. The van der Waals surface area contributed by atoms with E-state index < -0.39 is 34.7 Å². The van der Waals surface area contributed by atoms with Gasteiger partial charge in [-0.25, -0.2) is 4.99 Å². The van der Waals surface area contributed by atoms with Crippen LogP contribution in [0.15, 0.2) is 50.6 Å². The van der Waals surface area contributed by atoms with Crippen LogP contribution in [0.3, 0.4) is 0 Å². The summed E-state index contributed by atoms with van der Waals surface area (Å²) in [4.78, 5) is 20.3. The van der Waals surface area contributed by atoms with Crippen LogP contribution < -0.4 is 31.8 Å². The lowest BCUT2D eigenvalue weighted by Gasteiger charge is -2.48. The van der Waals surface area contributed by atoms with Crippen molar-refractivity contribution >= 4 is 44.2 Å². The van der Waals surface area contributed by atoms with E-state index in [0.717, 1.165) is 49.7 Å². The standard InChI is InChI=1S/C38H46N4O7S2/c1-36(2,44)27-17-24-31(48-27)25-18-50-51-19-26(41-35(39)40)37(14-5-6-15-37)38(45)16-13-23(20-9-11-21(42-46)12-10-20)28-30(43)29(33(25)49-34(28)38)32(24)47-22-7-3-4-8-22/h9-13,16,22-23,26-27,42,44-46H,3-8,14-15,17-19H2,1-2H3,(H4,39,40,41). The van der Waals surface area contributed by atoms with Gasteiger partial charge in [0, 0.05) is 40.4 Å². The van der Waals surface area contributed by atoms with E-state index in [1.54, 1.807) is 53.6 Å². The van der Waals surface area contributed by atoms with E-state index in [2.05, 4.69) is 5.48 Å². The topological polar surface area (TPSA) is 186 Å². The molecular weight excluding hydrogens is 689 g/mol. The van der Waals surface area contributed by atoms with Crippen LogP contribution in [0.1, 0.15) is 99.1 Å². The Balaban J connectivity index is 1.47. The highest BCUT2D eigenvalue weighted by Gasteiger charge is 2.60. The fourth-order valence-corrected chi connectivity index (χ4v) is 11.5. The molecule has 3 aromatic rings. The number of hydrogen-bond acceptors (Lipinski definition) is 11. The van der Waals surface area contributed by atoms with Crippen LogP contribution in [0.4, 0.5) is 5.69 Å². The Morgan fingerprint density at radius 1 is 1.08 bits per heavy atom. The average molecular weight is 735 g/mol. The summed E-state index contributed by atoms with van der Waals surface area (Å²) >= 11 is 0. The van der Waals surface area contributed by atoms with Gasteiger partial charge >= 0.3 is 0 Å². The molecule has 11 nitrogen and oxygen atoms in total. The van der Waals surface area contributed by atoms with Crippen molar-refractivity contribution in [3.8, 4) is 11.5 Å². The molecule has 8 rings (SSSR count). The molecule has 2 bridgehead atoms. The first kappa shape index (κ1) is 34.7. The van der Waals surface area contributed by atoms with E-state index in [1.807, 2.05) is 18.2 Å². The highest BCUT2D eigenvalue weighted by molar-refractivity contribution is 8.76. The second-order valence-corrected chi connectivity index (χ2v) is 17.8. The molecule has 51 heavy (non-hydrogen) atoms. The molecule has 2 aliphatic heterocycles. The number of nitrogens with one attached hydrogen (secondary N) is 1. The van der Waals surface area contributed by atoms with Crippen LogP contribution in [0.5, 0.6) is 11.5 Å². The lowest BCUT2D eigenvalue weighted by atomic mass is 9.61. The Labute approximate surface area is 304 Å². The van der Waals surface area contributed by atoms with E-state index in [1.165, 1.54) is 0 Å². The number of guanidine groups is 1. The number of hydrogen-bond donors (Lipinski definition) is 6. The van der Waals surface area contributed by atoms with Crippen molar-refractivity contribution in [3.05, 3.63) is 74.7 Å². The fourth-order valence-electron chi connectivity index (χ4n) is 9.13. The number of allylic oxidation sites excluding steroid dienone is 1. The fraction of sp³-hybridized carbons (Fsp3) is 0.526. The van der Waals surface area contributed by atoms with Crippen molar-refractivity contribution in [1.82, 2.24) is 0 Å². The Hall–Kier alpha value is -3.36. The van der Waals surface area contributed by atoms with Gasteiger partial charge in [0.25, 0.3) is 0 Å². The molecule has 5 aliphatic rings. The molecule has 2 saturated carbocycles.